The van der Waals surface area contributed by atoms with Crippen molar-refractivity contribution in [3.8, 4) is 0 Å². The molecule has 4 aliphatic carbocycles. The first kappa shape index (κ1) is 25.4. The number of allylic oxidation sites excluding steroid dienone is 1. The van der Waals surface area contributed by atoms with Crippen molar-refractivity contribution in [1.82, 2.24) is 0 Å². The van der Waals surface area contributed by atoms with E-state index in [1.54, 1.807) is 13.8 Å². The van der Waals surface area contributed by atoms with E-state index in [2.05, 4.69) is 41.2 Å². The molecule has 2 N–H and O–H groups in total. The number of rotatable bonds is 5. The van der Waals surface area contributed by atoms with Crippen LogP contribution in [0.25, 0.3) is 0 Å². The Morgan fingerprint density at radius 3 is 2.15 bits per heavy atom. The fourth-order valence-corrected chi connectivity index (χ4v) is 9.99. The Labute approximate surface area is 202 Å². The predicted molar refractivity (Wildman–Crippen MR) is 135 cm³/mol. The van der Waals surface area contributed by atoms with Crippen LogP contribution in [-0.2, 0) is 4.79 Å². The molecule has 0 aromatic rings. The third-order valence-electron chi connectivity index (χ3n) is 12.3. The second kappa shape index (κ2) is 7.92. The summed E-state index contributed by atoms with van der Waals surface area (Å²) in [4.78, 5) is 12.3. The lowest BCUT2D eigenvalue weighted by atomic mass is 9.35. The zero-order valence-corrected chi connectivity index (χ0v) is 22.5. The summed E-state index contributed by atoms with van der Waals surface area (Å²) in [6.07, 6.45) is 10.6. The predicted octanol–water partition coefficient (Wildman–Crippen LogP) is 6.71. The monoisotopic (exact) mass is 458 g/mol. The van der Waals surface area contributed by atoms with Gasteiger partial charge in [0, 0.05) is 6.42 Å². The van der Waals surface area contributed by atoms with Gasteiger partial charge in [0.05, 0.1) is 6.10 Å². The summed E-state index contributed by atoms with van der Waals surface area (Å²) in [5.74, 6) is 2.42. The Bertz CT molecular complexity index is 806. The summed E-state index contributed by atoms with van der Waals surface area (Å²) >= 11 is 0. The van der Waals surface area contributed by atoms with E-state index in [0.717, 1.165) is 12.3 Å². The molecule has 4 saturated carbocycles. The average molecular weight is 459 g/mol. The smallest absolute Gasteiger partial charge is 0.164 e. The van der Waals surface area contributed by atoms with Gasteiger partial charge in [-0.05, 0) is 117 Å². The summed E-state index contributed by atoms with van der Waals surface area (Å²) in [6.45, 7) is 20.1. The molecule has 0 aliphatic heterocycles. The Balaban J connectivity index is 1.55. The molecule has 0 bridgehead atoms. The zero-order chi connectivity index (χ0) is 24.6. The standard InChI is InChI=1S/C30H50O3/c1-19(9-12-25(32)27(4,5)33)20-13-17-29(7)21(20)10-11-23-28(6)16-15-24(31)26(2,3)22(28)14-18-30(23,29)8/h20-24,31,33H,1,9-18H2,2-8H3/t20-,21-,22+,23-,24+,28+,29-,30-/m1/s1. The van der Waals surface area contributed by atoms with Crippen LogP contribution >= 0.6 is 0 Å². The Kier molecular flexibility index (Phi) is 6.10. The first-order valence-corrected chi connectivity index (χ1v) is 13.7. The van der Waals surface area contributed by atoms with Crippen molar-refractivity contribution in [2.45, 2.75) is 124 Å². The lowest BCUT2D eigenvalue weighted by Gasteiger charge is -2.69. The van der Waals surface area contributed by atoms with E-state index in [4.69, 9.17) is 0 Å². The van der Waals surface area contributed by atoms with Crippen LogP contribution in [0.1, 0.15) is 113 Å². The highest BCUT2D eigenvalue weighted by Gasteiger charge is 2.68. The second-order valence-electron chi connectivity index (χ2n) is 14.3. The number of Topliss-reactive ketones (excluding diaryl/α,β-unsaturated/α-hetero) is 1. The number of carbonyl (C=O) groups excluding carboxylic acids is 1. The minimum atomic E-state index is -1.24. The van der Waals surface area contributed by atoms with Crippen molar-refractivity contribution in [3.63, 3.8) is 0 Å². The van der Waals surface area contributed by atoms with Crippen molar-refractivity contribution >= 4 is 5.78 Å². The van der Waals surface area contributed by atoms with Gasteiger partial charge in [-0.2, -0.15) is 0 Å². The van der Waals surface area contributed by atoms with E-state index in [9.17, 15) is 15.0 Å². The molecule has 3 heteroatoms. The topological polar surface area (TPSA) is 57.5 Å². The maximum absolute atomic E-state index is 12.3. The fraction of sp³-hybridized carbons (Fsp3) is 0.900. The summed E-state index contributed by atoms with van der Waals surface area (Å²) in [7, 11) is 0. The molecular weight excluding hydrogens is 408 g/mol. The lowest BCUT2D eigenvalue weighted by Crippen LogP contribution is -2.63. The van der Waals surface area contributed by atoms with Crippen LogP contribution in [-0.4, -0.2) is 27.7 Å². The molecule has 0 amide bonds. The van der Waals surface area contributed by atoms with Crippen molar-refractivity contribution in [3.05, 3.63) is 12.2 Å². The molecule has 0 radical (unpaired) electrons. The van der Waals surface area contributed by atoms with Gasteiger partial charge in [0.15, 0.2) is 5.78 Å². The first-order chi connectivity index (χ1) is 15.1. The summed E-state index contributed by atoms with van der Waals surface area (Å²) in [6, 6.07) is 0. The van der Waals surface area contributed by atoms with Gasteiger partial charge in [0.25, 0.3) is 0 Å². The van der Waals surface area contributed by atoms with Crippen LogP contribution in [0.2, 0.25) is 0 Å². The van der Waals surface area contributed by atoms with Gasteiger partial charge in [-0.15, -0.1) is 0 Å². The van der Waals surface area contributed by atoms with Crippen molar-refractivity contribution < 1.29 is 15.0 Å². The maximum atomic E-state index is 12.3. The molecule has 0 saturated heterocycles. The van der Waals surface area contributed by atoms with Crippen molar-refractivity contribution in [2.75, 3.05) is 0 Å². The minimum Gasteiger partial charge on any atom is -0.393 e. The van der Waals surface area contributed by atoms with E-state index in [0.29, 0.717) is 46.8 Å². The van der Waals surface area contributed by atoms with Crippen LogP contribution in [0.5, 0.6) is 0 Å². The number of hydrogen-bond donors (Lipinski definition) is 2. The average Bonchev–Trinajstić information content (AvgIpc) is 3.07. The summed E-state index contributed by atoms with van der Waals surface area (Å²) in [5, 5.41) is 20.9. The third kappa shape index (κ3) is 3.62. The molecule has 188 valence electrons. The van der Waals surface area contributed by atoms with Gasteiger partial charge < -0.3 is 10.2 Å². The molecule has 8 atom stereocenters. The molecule has 4 fully saturated rings. The first-order valence-electron chi connectivity index (χ1n) is 13.7. The van der Waals surface area contributed by atoms with Crippen LogP contribution in [0.4, 0.5) is 0 Å². The van der Waals surface area contributed by atoms with Gasteiger partial charge in [0.1, 0.15) is 5.60 Å². The van der Waals surface area contributed by atoms with Crippen LogP contribution < -0.4 is 0 Å². The molecule has 0 aromatic heterocycles. The summed E-state index contributed by atoms with van der Waals surface area (Å²) in [5.41, 5.74) is 0.968. The molecule has 33 heavy (non-hydrogen) atoms. The van der Waals surface area contributed by atoms with Crippen molar-refractivity contribution in [1.29, 1.82) is 0 Å². The van der Waals surface area contributed by atoms with E-state index < -0.39 is 5.60 Å². The van der Waals surface area contributed by atoms with Gasteiger partial charge in [-0.1, -0.05) is 46.8 Å². The number of hydrogen-bond acceptors (Lipinski definition) is 3. The van der Waals surface area contributed by atoms with Crippen LogP contribution in [0.3, 0.4) is 0 Å². The Hall–Kier alpha value is -0.670. The molecule has 0 unspecified atom stereocenters. The Morgan fingerprint density at radius 1 is 0.879 bits per heavy atom. The molecule has 0 spiro atoms. The molecule has 4 aliphatic rings. The summed E-state index contributed by atoms with van der Waals surface area (Å²) < 4.78 is 0. The largest absolute Gasteiger partial charge is 0.393 e. The van der Waals surface area contributed by atoms with E-state index in [1.807, 2.05) is 0 Å². The molecule has 0 heterocycles. The van der Waals surface area contributed by atoms with Gasteiger partial charge >= 0.3 is 0 Å². The molecular formula is C30H50O3. The highest BCUT2D eigenvalue weighted by atomic mass is 16.3. The van der Waals surface area contributed by atoms with Gasteiger partial charge in [0.2, 0.25) is 0 Å². The van der Waals surface area contributed by atoms with Crippen LogP contribution in [0, 0.1) is 45.3 Å². The number of aliphatic hydroxyl groups excluding tert-OH is 1. The second-order valence-corrected chi connectivity index (χ2v) is 14.3. The van der Waals surface area contributed by atoms with Crippen molar-refractivity contribution in [2.24, 2.45) is 45.3 Å². The third-order valence-corrected chi connectivity index (χ3v) is 12.3. The Morgan fingerprint density at radius 2 is 1.52 bits per heavy atom. The number of carbonyl (C=O) groups is 1. The molecule has 0 aromatic carbocycles. The van der Waals surface area contributed by atoms with E-state index in [-0.39, 0.29) is 17.3 Å². The lowest BCUT2D eigenvalue weighted by molar-refractivity contribution is -0.220. The normalized spacial score (nSPS) is 46.8. The maximum Gasteiger partial charge on any atom is 0.164 e. The highest BCUT2D eigenvalue weighted by Crippen LogP contribution is 2.75. The minimum absolute atomic E-state index is 0.00556. The van der Waals surface area contributed by atoms with Crippen LogP contribution in [0.15, 0.2) is 12.2 Å². The van der Waals surface area contributed by atoms with Gasteiger partial charge in [-0.3, -0.25) is 4.79 Å². The zero-order valence-electron chi connectivity index (χ0n) is 22.5. The number of fused-ring (bicyclic) bond motifs is 5. The molecule has 4 rings (SSSR count). The molecule has 3 nitrogen and oxygen atoms in total. The van der Waals surface area contributed by atoms with E-state index in [1.165, 1.54) is 50.5 Å². The SMILES string of the molecule is C=C(CCC(=O)C(C)(C)O)[C@H]1CC[C@]2(C)[C@@H]1CC[C@@H]1[C@@]3(C)CC[C@H](O)C(C)(C)[C@@H]3CC[C@]12C. The van der Waals surface area contributed by atoms with Gasteiger partial charge in [-0.25, -0.2) is 0 Å². The fourth-order valence-electron chi connectivity index (χ4n) is 9.99. The van der Waals surface area contributed by atoms with E-state index >= 15 is 0 Å². The number of ketones is 1. The quantitative estimate of drug-likeness (QED) is 0.450. The highest BCUT2D eigenvalue weighted by molar-refractivity contribution is 5.86. The number of aliphatic hydroxyl groups is 2.